The van der Waals surface area contributed by atoms with Crippen molar-refractivity contribution in [3.8, 4) is 0 Å². The molecule has 0 saturated carbocycles. The van der Waals surface area contributed by atoms with Crippen LogP contribution in [0.4, 0.5) is 0 Å². The largest absolute Gasteiger partial charge is 0.300 e. The molecule has 2 unspecified atom stereocenters. The summed E-state index contributed by atoms with van der Waals surface area (Å²) in [7, 11) is -3.48. The lowest BCUT2D eigenvalue weighted by Gasteiger charge is -2.36. The first-order valence-electron chi connectivity index (χ1n) is 8.51. The SMILES string of the molecule is CC(C)(C)c1ccc(S(=O)(=O)C2NCCC3=CC(=O)CCC32)cc1. The van der Waals surface area contributed by atoms with Crippen LogP contribution in [0.5, 0.6) is 0 Å². The van der Waals surface area contributed by atoms with Crippen LogP contribution in [0.15, 0.2) is 40.8 Å². The number of rotatable bonds is 2. The molecule has 1 aromatic rings. The van der Waals surface area contributed by atoms with E-state index < -0.39 is 15.2 Å². The maximum absolute atomic E-state index is 13.1. The molecule has 2 atom stereocenters. The summed E-state index contributed by atoms with van der Waals surface area (Å²) in [6.45, 7) is 6.92. The Kier molecular flexibility index (Phi) is 4.43. The van der Waals surface area contributed by atoms with Crippen molar-refractivity contribution in [2.75, 3.05) is 6.54 Å². The van der Waals surface area contributed by atoms with Gasteiger partial charge in [0.25, 0.3) is 0 Å². The number of hydrogen-bond acceptors (Lipinski definition) is 4. The summed E-state index contributed by atoms with van der Waals surface area (Å²) >= 11 is 0. The molecule has 0 amide bonds. The maximum Gasteiger partial charge on any atom is 0.194 e. The van der Waals surface area contributed by atoms with Crippen molar-refractivity contribution in [1.29, 1.82) is 0 Å². The third-order valence-corrected chi connectivity index (χ3v) is 7.13. The number of fused-ring (bicyclic) bond motifs is 1. The number of nitrogens with one attached hydrogen (secondary N) is 1. The lowest BCUT2D eigenvalue weighted by atomic mass is 9.83. The van der Waals surface area contributed by atoms with E-state index in [1.54, 1.807) is 18.2 Å². The van der Waals surface area contributed by atoms with E-state index in [0.29, 0.717) is 24.3 Å². The van der Waals surface area contributed by atoms with Crippen LogP contribution < -0.4 is 5.32 Å². The molecule has 4 nitrogen and oxygen atoms in total. The van der Waals surface area contributed by atoms with Crippen molar-refractivity contribution >= 4 is 15.6 Å². The van der Waals surface area contributed by atoms with Gasteiger partial charge in [0, 0.05) is 18.9 Å². The fourth-order valence-electron chi connectivity index (χ4n) is 3.59. The van der Waals surface area contributed by atoms with Gasteiger partial charge in [-0.3, -0.25) is 4.79 Å². The summed E-state index contributed by atoms with van der Waals surface area (Å²) in [5, 5.41) is 2.54. The average molecular weight is 347 g/mol. The van der Waals surface area contributed by atoms with Gasteiger partial charge in [0.15, 0.2) is 15.6 Å². The third-order valence-electron chi connectivity index (χ3n) is 5.03. The zero-order valence-corrected chi connectivity index (χ0v) is 15.3. The van der Waals surface area contributed by atoms with Gasteiger partial charge in [-0.15, -0.1) is 0 Å². The molecule has 1 N–H and O–H groups in total. The van der Waals surface area contributed by atoms with E-state index in [0.717, 1.165) is 17.6 Å². The highest BCUT2D eigenvalue weighted by Gasteiger charge is 2.40. The molecule has 0 radical (unpaired) electrons. The maximum atomic E-state index is 13.1. The van der Waals surface area contributed by atoms with E-state index in [2.05, 4.69) is 26.1 Å². The van der Waals surface area contributed by atoms with Gasteiger partial charge < -0.3 is 5.32 Å². The highest BCUT2D eigenvalue weighted by Crippen LogP contribution is 2.36. The molecule has 3 rings (SSSR count). The van der Waals surface area contributed by atoms with Gasteiger partial charge in [-0.1, -0.05) is 38.5 Å². The van der Waals surface area contributed by atoms with E-state index in [1.807, 2.05) is 12.1 Å². The molecule has 0 spiro atoms. The van der Waals surface area contributed by atoms with Gasteiger partial charge in [-0.05, 0) is 42.0 Å². The number of carbonyl (C=O) groups is 1. The van der Waals surface area contributed by atoms with Crippen LogP contribution >= 0.6 is 0 Å². The van der Waals surface area contributed by atoms with Crippen LogP contribution in [-0.4, -0.2) is 26.1 Å². The summed E-state index contributed by atoms with van der Waals surface area (Å²) in [5.74, 6) is 0.0255. The quantitative estimate of drug-likeness (QED) is 0.893. The molecular weight excluding hydrogens is 322 g/mol. The van der Waals surface area contributed by atoms with Crippen molar-refractivity contribution in [3.63, 3.8) is 0 Å². The first kappa shape index (κ1) is 17.4. The lowest BCUT2D eigenvalue weighted by molar-refractivity contribution is -0.115. The Bertz CT molecular complexity index is 770. The topological polar surface area (TPSA) is 63.2 Å². The zero-order valence-electron chi connectivity index (χ0n) is 14.5. The van der Waals surface area contributed by atoms with Crippen molar-refractivity contribution in [3.05, 3.63) is 41.5 Å². The number of allylic oxidation sites excluding steroid dienone is 1. The van der Waals surface area contributed by atoms with E-state index in [-0.39, 0.29) is 17.1 Å². The Morgan fingerprint density at radius 2 is 1.75 bits per heavy atom. The van der Waals surface area contributed by atoms with E-state index in [1.165, 1.54) is 0 Å². The number of hydrogen-bond donors (Lipinski definition) is 1. The Hall–Kier alpha value is -1.46. The van der Waals surface area contributed by atoms with Crippen LogP contribution in [0.25, 0.3) is 0 Å². The Balaban J connectivity index is 1.92. The van der Waals surface area contributed by atoms with Gasteiger partial charge >= 0.3 is 0 Å². The molecule has 5 heteroatoms. The number of carbonyl (C=O) groups excluding carboxylic acids is 1. The molecule has 1 saturated heterocycles. The number of piperidine rings is 1. The second-order valence-corrected chi connectivity index (χ2v) is 9.84. The van der Waals surface area contributed by atoms with Crippen LogP contribution in [0.1, 0.15) is 45.6 Å². The standard InChI is InChI=1S/C19H25NO3S/c1-19(2,3)14-4-7-16(8-5-14)24(22,23)18-17-9-6-15(21)12-13(17)10-11-20-18/h4-5,7-8,12,17-18,20H,6,9-11H2,1-3H3. The summed E-state index contributed by atoms with van der Waals surface area (Å²) in [6.07, 6.45) is 3.47. The normalized spacial score (nSPS) is 25.1. The Labute approximate surface area is 144 Å². The molecule has 1 heterocycles. The smallest absolute Gasteiger partial charge is 0.194 e. The fraction of sp³-hybridized carbons (Fsp3) is 0.526. The van der Waals surface area contributed by atoms with Gasteiger partial charge in [0.05, 0.1) is 4.90 Å². The number of sulfone groups is 1. The summed E-state index contributed by atoms with van der Waals surface area (Å²) in [6, 6.07) is 7.22. The molecular formula is C19H25NO3S. The zero-order chi connectivity index (χ0) is 17.5. The second kappa shape index (κ2) is 6.12. The first-order chi connectivity index (χ1) is 11.2. The average Bonchev–Trinajstić information content (AvgIpc) is 2.53. The molecule has 1 aliphatic heterocycles. The number of ketones is 1. The molecule has 0 bridgehead atoms. The van der Waals surface area contributed by atoms with Crippen molar-refractivity contribution < 1.29 is 13.2 Å². The van der Waals surface area contributed by atoms with Crippen LogP contribution in [0, 0.1) is 5.92 Å². The monoisotopic (exact) mass is 347 g/mol. The second-order valence-electron chi connectivity index (χ2n) is 7.77. The van der Waals surface area contributed by atoms with Gasteiger partial charge in [-0.25, -0.2) is 8.42 Å². The molecule has 130 valence electrons. The molecule has 0 aromatic heterocycles. The van der Waals surface area contributed by atoms with Crippen molar-refractivity contribution in [2.24, 2.45) is 5.92 Å². The summed E-state index contributed by atoms with van der Waals surface area (Å²) in [5.41, 5.74) is 2.09. The fourth-order valence-corrected chi connectivity index (χ4v) is 5.48. The van der Waals surface area contributed by atoms with E-state index in [4.69, 9.17) is 0 Å². The minimum Gasteiger partial charge on any atom is -0.300 e. The van der Waals surface area contributed by atoms with Gasteiger partial charge in [0.1, 0.15) is 5.37 Å². The molecule has 2 aliphatic rings. The third kappa shape index (κ3) is 3.20. The Morgan fingerprint density at radius 3 is 2.38 bits per heavy atom. The lowest BCUT2D eigenvalue weighted by Crippen LogP contribution is -2.48. The van der Waals surface area contributed by atoms with Crippen molar-refractivity contribution in [2.45, 2.75) is 55.7 Å². The number of benzene rings is 1. The van der Waals surface area contributed by atoms with E-state index in [9.17, 15) is 13.2 Å². The van der Waals surface area contributed by atoms with E-state index >= 15 is 0 Å². The molecule has 1 aromatic carbocycles. The first-order valence-corrected chi connectivity index (χ1v) is 10.1. The predicted octanol–water partition coefficient (Wildman–Crippen LogP) is 2.98. The summed E-state index contributed by atoms with van der Waals surface area (Å²) < 4.78 is 26.2. The highest BCUT2D eigenvalue weighted by atomic mass is 32.2. The molecule has 1 aliphatic carbocycles. The molecule has 1 fully saturated rings. The molecule has 24 heavy (non-hydrogen) atoms. The van der Waals surface area contributed by atoms with Crippen LogP contribution in [0.2, 0.25) is 0 Å². The van der Waals surface area contributed by atoms with Gasteiger partial charge in [0.2, 0.25) is 0 Å². The van der Waals surface area contributed by atoms with Crippen LogP contribution in [0.3, 0.4) is 0 Å². The highest BCUT2D eigenvalue weighted by molar-refractivity contribution is 7.92. The minimum absolute atomic E-state index is 0.00891. The van der Waals surface area contributed by atoms with Gasteiger partial charge in [-0.2, -0.15) is 0 Å². The predicted molar refractivity (Wildman–Crippen MR) is 94.5 cm³/mol. The Morgan fingerprint density at radius 1 is 1.08 bits per heavy atom. The summed E-state index contributed by atoms with van der Waals surface area (Å²) in [4.78, 5) is 12.0. The minimum atomic E-state index is -3.48. The van der Waals surface area contributed by atoms with Crippen LogP contribution in [-0.2, 0) is 20.0 Å². The van der Waals surface area contributed by atoms with Crippen molar-refractivity contribution in [1.82, 2.24) is 5.32 Å².